The topological polar surface area (TPSA) is 70.0 Å². The zero-order valence-corrected chi connectivity index (χ0v) is 11.5. The number of carbonyl (C=O) groups excluding carboxylic acids is 2. The Kier molecular flexibility index (Phi) is 3.53. The van der Waals surface area contributed by atoms with Crippen LogP contribution in [0.5, 0.6) is 0 Å². The Morgan fingerprint density at radius 2 is 1.45 bits per heavy atom. The van der Waals surface area contributed by atoms with Crippen molar-refractivity contribution >= 4 is 28.9 Å². The normalized spacial score (nSPS) is 18.5. The monoisotopic (exact) mass is 292 g/mol. The summed E-state index contributed by atoms with van der Waals surface area (Å²) in [6, 6.07) is 17.3. The number of anilines is 1. The zero-order chi connectivity index (χ0) is 15.5. The molecule has 2 aromatic rings. The van der Waals surface area contributed by atoms with Crippen LogP contribution in [0.2, 0.25) is 0 Å². The lowest BCUT2D eigenvalue weighted by Crippen LogP contribution is -2.30. The summed E-state index contributed by atoms with van der Waals surface area (Å²) in [6.07, 6.45) is 0.630. The molecule has 1 fully saturated rings. The molecule has 5 heteroatoms. The van der Waals surface area contributed by atoms with E-state index in [2.05, 4.69) is 4.99 Å². The highest BCUT2D eigenvalue weighted by molar-refractivity contribution is 6.65. The fourth-order valence-corrected chi connectivity index (χ4v) is 2.20. The first-order valence-corrected chi connectivity index (χ1v) is 6.64. The molecule has 0 aliphatic carbocycles. The first-order valence-electron chi connectivity index (χ1n) is 6.64. The maximum atomic E-state index is 12.5. The number of aliphatic imine (C=N–C) groups is 1. The van der Waals surface area contributed by atoms with Crippen molar-refractivity contribution in [3.8, 4) is 0 Å². The predicted molar refractivity (Wildman–Crippen MR) is 83.2 cm³/mol. The first kappa shape index (κ1) is 13.8. The zero-order valence-electron chi connectivity index (χ0n) is 11.5. The largest absolute Gasteiger partial charge is 0.515 e. The second-order valence-electron chi connectivity index (χ2n) is 4.62. The number of aliphatic hydroxyl groups is 1. The Balaban J connectivity index is 2.07. The molecule has 0 atom stereocenters. The third-order valence-electron chi connectivity index (χ3n) is 3.23. The summed E-state index contributed by atoms with van der Waals surface area (Å²) >= 11 is 0. The van der Waals surface area contributed by atoms with Gasteiger partial charge in [0.15, 0.2) is 0 Å². The van der Waals surface area contributed by atoms with E-state index in [1.807, 2.05) is 6.07 Å². The third kappa shape index (κ3) is 2.29. The molecule has 1 saturated heterocycles. The molecule has 1 heterocycles. The van der Waals surface area contributed by atoms with Gasteiger partial charge in [0.1, 0.15) is 11.3 Å². The summed E-state index contributed by atoms with van der Waals surface area (Å²) in [5.74, 6) is -1.14. The highest BCUT2D eigenvalue weighted by atomic mass is 16.2. The number of nitrogens with zero attached hydrogens (tertiary/aromatic N) is 2. The molecule has 0 radical (unpaired) electrons. The van der Waals surface area contributed by atoms with E-state index in [-0.39, 0.29) is 11.3 Å². The van der Waals surface area contributed by atoms with Crippen LogP contribution in [0.25, 0.3) is 0 Å². The van der Waals surface area contributed by atoms with Crippen LogP contribution < -0.4 is 4.90 Å². The molecule has 1 aliphatic rings. The average Bonchev–Trinajstić information content (AvgIpc) is 2.79. The van der Waals surface area contributed by atoms with Crippen LogP contribution in [0.4, 0.5) is 11.4 Å². The van der Waals surface area contributed by atoms with Crippen molar-refractivity contribution in [1.29, 1.82) is 0 Å². The number of hydrogen-bond acceptors (Lipinski definition) is 4. The van der Waals surface area contributed by atoms with Crippen LogP contribution in [0.15, 0.2) is 77.5 Å². The predicted octanol–water partition coefficient (Wildman–Crippen LogP) is 2.77. The molecule has 108 valence electrons. The van der Waals surface area contributed by atoms with Crippen molar-refractivity contribution in [2.24, 2.45) is 4.99 Å². The van der Waals surface area contributed by atoms with E-state index in [0.717, 1.165) is 4.90 Å². The van der Waals surface area contributed by atoms with E-state index in [1.165, 1.54) is 0 Å². The van der Waals surface area contributed by atoms with Gasteiger partial charge in [-0.25, -0.2) is 9.89 Å². The SMILES string of the molecule is O=C1C(=Nc2ccccc2)/C(=C/O)C(=O)N1c1ccccc1. The number of carbonyl (C=O) groups is 2. The molecule has 0 bridgehead atoms. The summed E-state index contributed by atoms with van der Waals surface area (Å²) in [5, 5.41) is 9.32. The van der Waals surface area contributed by atoms with Crippen molar-refractivity contribution in [3.05, 3.63) is 72.5 Å². The summed E-state index contributed by atoms with van der Waals surface area (Å²) < 4.78 is 0. The van der Waals surface area contributed by atoms with Crippen LogP contribution in [-0.2, 0) is 9.59 Å². The van der Waals surface area contributed by atoms with E-state index >= 15 is 0 Å². The number of rotatable bonds is 2. The van der Waals surface area contributed by atoms with Gasteiger partial charge in [-0.05, 0) is 24.3 Å². The Labute approximate surface area is 126 Å². The van der Waals surface area contributed by atoms with E-state index in [0.29, 0.717) is 17.6 Å². The quantitative estimate of drug-likeness (QED) is 0.525. The van der Waals surface area contributed by atoms with Crippen LogP contribution in [0, 0.1) is 0 Å². The minimum absolute atomic E-state index is 0.0671. The molecule has 0 aromatic heterocycles. The Morgan fingerprint density at radius 3 is 2.05 bits per heavy atom. The van der Waals surface area contributed by atoms with Crippen molar-refractivity contribution in [1.82, 2.24) is 0 Å². The molecule has 0 unspecified atom stereocenters. The van der Waals surface area contributed by atoms with E-state index in [4.69, 9.17) is 0 Å². The Morgan fingerprint density at radius 1 is 0.864 bits per heavy atom. The number of aliphatic hydroxyl groups excluding tert-OH is 1. The van der Waals surface area contributed by atoms with Crippen LogP contribution in [-0.4, -0.2) is 22.6 Å². The smallest absolute Gasteiger partial charge is 0.284 e. The lowest BCUT2D eigenvalue weighted by Gasteiger charge is -2.11. The van der Waals surface area contributed by atoms with Crippen LogP contribution >= 0.6 is 0 Å². The summed E-state index contributed by atoms with van der Waals surface area (Å²) in [5.41, 5.74) is 0.795. The Bertz CT molecular complexity index is 780. The third-order valence-corrected chi connectivity index (χ3v) is 3.23. The van der Waals surface area contributed by atoms with Gasteiger partial charge >= 0.3 is 0 Å². The fourth-order valence-electron chi connectivity index (χ4n) is 2.20. The average molecular weight is 292 g/mol. The Hall–Kier alpha value is -3.21. The van der Waals surface area contributed by atoms with Gasteiger partial charge in [-0.15, -0.1) is 0 Å². The molecule has 2 aromatic carbocycles. The van der Waals surface area contributed by atoms with Crippen molar-refractivity contribution in [2.45, 2.75) is 0 Å². The molecule has 0 saturated carbocycles. The van der Waals surface area contributed by atoms with E-state index < -0.39 is 11.8 Å². The van der Waals surface area contributed by atoms with Gasteiger partial charge in [0.25, 0.3) is 11.8 Å². The van der Waals surface area contributed by atoms with Crippen molar-refractivity contribution in [3.63, 3.8) is 0 Å². The van der Waals surface area contributed by atoms with Gasteiger partial charge < -0.3 is 5.11 Å². The number of benzene rings is 2. The lowest BCUT2D eigenvalue weighted by molar-refractivity contribution is -0.119. The van der Waals surface area contributed by atoms with Crippen molar-refractivity contribution in [2.75, 3.05) is 4.90 Å². The second-order valence-corrected chi connectivity index (χ2v) is 4.62. The van der Waals surface area contributed by atoms with Crippen LogP contribution in [0.1, 0.15) is 0 Å². The maximum absolute atomic E-state index is 12.5. The number of para-hydroxylation sites is 2. The van der Waals surface area contributed by atoms with E-state index in [9.17, 15) is 14.7 Å². The van der Waals surface area contributed by atoms with Gasteiger partial charge in [0.05, 0.1) is 17.6 Å². The lowest BCUT2D eigenvalue weighted by atomic mass is 10.2. The highest BCUT2D eigenvalue weighted by Gasteiger charge is 2.41. The van der Waals surface area contributed by atoms with E-state index in [1.54, 1.807) is 54.6 Å². The van der Waals surface area contributed by atoms with Gasteiger partial charge in [-0.1, -0.05) is 36.4 Å². The first-order chi connectivity index (χ1) is 10.7. The minimum atomic E-state index is -0.589. The molecule has 22 heavy (non-hydrogen) atoms. The van der Waals surface area contributed by atoms with Gasteiger partial charge in [0, 0.05) is 0 Å². The molecule has 1 N–H and O–H groups in total. The standard InChI is InChI=1S/C17H12N2O3/c20-11-14-15(18-12-7-3-1-4-8-12)17(22)19(16(14)21)13-9-5-2-6-10-13/h1-11,20H/b14-11-,18-15?. The highest BCUT2D eigenvalue weighted by Crippen LogP contribution is 2.26. The number of imide groups is 1. The molecule has 5 nitrogen and oxygen atoms in total. The summed E-state index contributed by atoms with van der Waals surface area (Å²) in [4.78, 5) is 30.1. The fraction of sp³-hybridized carbons (Fsp3) is 0. The molecule has 1 aliphatic heterocycles. The molecule has 2 amide bonds. The summed E-state index contributed by atoms with van der Waals surface area (Å²) in [6.45, 7) is 0. The van der Waals surface area contributed by atoms with Crippen LogP contribution in [0.3, 0.4) is 0 Å². The summed E-state index contributed by atoms with van der Waals surface area (Å²) in [7, 11) is 0. The van der Waals surface area contributed by atoms with Gasteiger partial charge in [0.2, 0.25) is 0 Å². The minimum Gasteiger partial charge on any atom is -0.515 e. The molecule has 3 rings (SSSR count). The van der Waals surface area contributed by atoms with Crippen molar-refractivity contribution < 1.29 is 14.7 Å². The molecular formula is C17H12N2O3. The number of hydrogen-bond donors (Lipinski definition) is 1. The van der Waals surface area contributed by atoms with Gasteiger partial charge in [-0.3, -0.25) is 9.59 Å². The maximum Gasteiger partial charge on any atom is 0.284 e. The second kappa shape index (κ2) is 5.65. The number of amides is 2. The molecule has 0 spiro atoms. The van der Waals surface area contributed by atoms with Gasteiger partial charge in [-0.2, -0.15) is 0 Å². The molecular weight excluding hydrogens is 280 g/mol.